The summed E-state index contributed by atoms with van der Waals surface area (Å²) in [5, 5.41) is 0.411. The molecular formula is C14H19ClFNO2. The van der Waals surface area contributed by atoms with Crippen LogP contribution in [-0.4, -0.2) is 32.0 Å². The molecular weight excluding hydrogens is 269 g/mol. The Bertz CT molecular complexity index is 435. The highest BCUT2D eigenvalue weighted by atomic mass is 35.5. The van der Waals surface area contributed by atoms with Gasteiger partial charge in [0.1, 0.15) is 5.82 Å². The van der Waals surface area contributed by atoms with Gasteiger partial charge in [-0.2, -0.15) is 0 Å². The van der Waals surface area contributed by atoms with Crippen molar-refractivity contribution < 1.29 is 13.9 Å². The maximum atomic E-state index is 13.0. The van der Waals surface area contributed by atoms with Crippen LogP contribution in [0.15, 0.2) is 18.2 Å². The molecule has 2 rings (SSSR count). The maximum absolute atomic E-state index is 13.0. The first-order chi connectivity index (χ1) is 9.07. The van der Waals surface area contributed by atoms with Crippen molar-refractivity contribution >= 4 is 11.6 Å². The lowest BCUT2D eigenvalue weighted by Gasteiger charge is -2.40. The lowest BCUT2D eigenvalue weighted by atomic mass is 9.83. The predicted octanol–water partition coefficient (Wildman–Crippen LogP) is 2.54. The lowest BCUT2D eigenvalue weighted by Crippen LogP contribution is -2.53. The first kappa shape index (κ1) is 14.7. The summed E-state index contributed by atoms with van der Waals surface area (Å²) in [6.07, 6.45) is 2.10. The third-order valence-electron chi connectivity index (χ3n) is 3.88. The molecule has 19 heavy (non-hydrogen) atoms. The van der Waals surface area contributed by atoms with E-state index in [0.717, 1.165) is 18.4 Å². The van der Waals surface area contributed by atoms with E-state index in [9.17, 15) is 4.39 Å². The minimum Gasteiger partial charge on any atom is -0.381 e. The average molecular weight is 288 g/mol. The summed E-state index contributed by atoms with van der Waals surface area (Å²) in [6.45, 7) is 1.30. The Labute approximate surface area is 117 Å². The van der Waals surface area contributed by atoms with Crippen LogP contribution >= 0.6 is 11.6 Å². The van der Waals surface area contributed by atoms with E-state index in [-0.39, 0.29) is 17.5 Å². The van der Waals surface area contributed by atoms with Crippen molar-refractivity contribution in [1.29, 1.82) is 0 Å². The largest absolute Gasteiger partial charge is 0.381 e. The van der Waals surface area contributed by atoms with Gasteiger partial charge in [-0.25, -0.2) is 4.39 Å². The summed E-state index contributed by atoms with van der Waals surface area (Å²) < 4.78 is 24.0. The van der Waals surface area contributed by atoms with Crippen LogP contribution in [0.4, 0.5) is 4.39 Å². The first-order valence-electron chi connectivity index (χ1n) is 6.40. The highest BCUT2D eigenvalue weighted by Crippen LogP contribution is 2.30. The van der Waals surface area contributed by atoms with E-state index < -0.39 is 0 Å². The minimum atomic E-state index is -0.379. The molecule has 0 bridgehead atoms. The average Bonchev–Trinajstić information content (AvgIpc) is 2.42. The molecule has 0 saturated carbocycles. The zero-order valence-electron chi connectivity index (χ0n) is 11.0. The highest BCUT2D eigenvalue weighted by molar-refractivity contribution is 6.31. The van der Waals surface area contributed by atoms with E-state index in [4.69, 9.17) is 26.8 Å². The zero-order chi connectivity index (χ0) is 13.9. The number of hydrogen-bond acceptors (Lipinski definition) is 3. The molecule has 1 aliphatic rings. The van der Waals surface area contributed by atoms with Gasteiger partial charge >= 0.3 is 0 Å². The van der Waals surface area contributed by atoms with Gasteiger partial charge in [-0.3, -0.25) is 0 Å². The third kappa shape index (κ3) is 3.26. The molecule has 0 aliphatic carbocycles. The molecule has 106 valence electrons. The molecule has 1 saturated heterocycles. The van der Waals surface area contributed by atoms with Crippen LogP contribution in [0.25, 0.3) is 0 Å². The van der Waals surface area contributed by atoms with Crippen molar-refractivity contribution in [2.24, 2.45) is 5.73 Å². The molecule has 1 heterocycles. The molecule has 1 atom stereocenters. The van der Waals surface area contributed by atoms with E-state index in [1.807, 2.05) is 0 Å². The number of hydrogen-bond donors (Lipinski definition) is 1. The number of rotatable bonds is 4. The molecule has 0 radical (unpaired) electrons. The molecule has 0 aromatic heterocycles. The summed E-state index contributed by atoms with van der Waals surface area (Å²) in [5.41, 5.74) is 6.77. The molecule has 1 aliphatic heterocycles. The Morgan fingerprint density at radius 3 is 2.74 bits per heavy atom. The minimum absolute atomic E-state index is 0.190. The van der Waals surface area contributed by atoms with Crippen molar-refractivity contribution in [3.05, 3.63) is 34.6 Å². The summed E-state index contributed by atoms with van der Waals surface area (Å²) in [4.78, 5) is 0. The Balaban J connectivity index is 2.12. The summed E-state index contributed by atoms with van der Waals surface area (Å²) >= 11 is 6.04. The second-order valence-corrected chi connectivity index (χ2v) is 5.33. The monoisotopic (exact) mass is 287 g/mol. The molecule has 0 spiro atoms. The van der Waals surface area contributed by atoms with Crippen molar-refractivity contribution in [3.63, 3.8) is 0 Å². The maximum Gasteiger partial charge on any atom is 0.124 e. The SMILES string of the molecule is COC1(C(N)Cc2ccc(F)cc2Cl)CCOCC1. The predicted molar refractivity (Wildman–Crippen MR) is 72.9 cm³/mol. The number of halogens is 2. The van der Waals surface area contributed by atoms with Crippen LogP contribution in [0.3, 0.4) is 0 Å². The van der Waals surface area contributed by atoms with Crippen LogP contribution in [0, 0.1) is 5.82 Å². The normalized spacial score (nSPS) is 20.2. The smallest absolute Gasteiger partial charge is 0.124 e. The topological polar surface area (TPSA) is 44.5 Å². The van der Waals surface area contributed by atoms with Crippen molar-refractivity contribution in [1.82, 2.24) is 0 Å². The van der Waals surface area contributed by atoms with Gasteiger partial charge < -0.3 is 15.2 Å². The summed E-state index contributed by atoms with van der Waals surface area (Å²) in [5.74, 6) is -0.338. The van der Waals surface area contributed by atoms with Gasteiger partial charge in [0.15, 0.2) is 0 Å². The molecule has 1 aromatic rings. The van der Waals surface area contributed by atoms with E-state index in [2.05, 4.69) is 0 Å². The molecule has 1 aromatic carbocycles. The van der Waals surface area contributed by atoms with Crippen LogP contribution in [0.2, 0.25) is 5.02 Å². The lowest BCUT2D eigenvalue weighted by molar-refractivity contribution is -0.103. The Kier molecular flexibility index (Phi) is 4.79. The Hall–Kier alpha value is -0.680. The van der Waals surface area contributed by atoms with E-state index in [1.165, 1.54) is 12.1 Å². The van der Waals surface area contributed by atoms with Gasteiger partial charge in [0.25, 0.3) is 0 Å². The fourth-order valence-electron chi connectivity index (χ4n) is 2.55. The number of benzene rings is 1. The van der Waals surface area contributed by atoms with E-state index >= 15 is 0 Å². The molecule has 0 amide bonds. The molecule has 3 nitrogen and oxygen atoms in total. The summed E-state index contributed by atoms with van der Waals surface area (Å²) in [6, 6.07) is 4.20. The van der Waals surface area contributed by atoms with Crippen LogP contribution < -0.4 is 5.73 Å². The highest BCUT2D eigenvalue weighted by Gasteiger charge is 2.38. The standard InChI is InChI=1S/C14H19ClFNO2/c1-18-14(4-6-19-7-5-14)13(17)8-10-2-3-11(16)9-12(10)15/h2-3,9,13H,4-8,17H2,1H3. The molecule has 5 heteroatoms. The van der Waals surface area contributed by atoms with Gasteiger partial charge in [-0.15, -0.1) is 0 Å². The third-order valence-corrected chi connectivity index (χ3v) is 4.23. The van der Waals surface area contributed by atoms with Crippen molar-refractivity contribution in [2.45, 2.75) is 30.9 Å². The Morgan fingerprint density at radius 2 is 2.16 bits per heavy atom. The van der Waals surface area contributed by atoms with E-state index in [0.29, 0.717) is 24.7 Å². The zero-order valence-corrected chi connectivity index (χ0v) is 11.8. The van der Waals surface area contributed by atoms with Gasteiger partial charge in [0.05, 0.1) is 5.60 Å². The Morgan fingerprint density at radius 1 is 1.47 bits per heavy atom. The second kappa shape index (κ2) is 6.18. The van der Waals surface area contributed by atoms with Crippen LogP contribution in [0.5, 0.6) is 0 Å². The van der Waals surface area contributed by atoms with Crippen molar-refractivity contribution in [2.75, 3.05) is 20.3 Å². The second-order valence-electron chi connectivity index (χ2n) is 4.93. The number of methoxy groups -OCH3 is 1. The van der Waals surface area contributed by atoms with E-state index in [1.54, 1.807) is 13.2 Å². The fraction of sp³-hybridized carbons (Fsp3) is 0.571. The van der Waals surface area contributed by atoms with Crippen molar-refractivity contribution in [3.8, 4) is 0 Å². The fourth-order valence-corrected chi connectivity index (χ4v) is 2.80. The van der Waals surface area contributed by atoms with Gasteiger partial charge in [0, 0.05) is 44.2 Å². The van der Waals surface area contributed by atoms with Gasteiger partial charge in [0.2, 0.25) is 0 Å². The number of ether oxygens (including phenoxy) is 2. The quantitative estimate of drug-likeness (QED) is 0.925. The van der Waals surface area contributed by atoms with Gasteiger partial charge in [-0.1, -0.05) is 17.7 Å². The summed E-state index contributed by atoms with van der Waals surface area (Å²) in [7, 11) is 1.68. The molecule has 2 N–H and O–H groups in total. The number of nitrogens with two attached hydrogens (primary N) is 1. The molecule has 1 fully saturated rings. The van der Waals surface area contributed by atoms with Crippen LogP contribution in [-0.2, 0) is 15.9 Å². The van der Waals surface area contributed by atoms with Gasteiger partial charge in [-0.05, 0) is 24.1 Å². The molecule has 1 unspecified atom stereocenters. The first-order valence-corrected chi connectivity index (χ1v) is 6.77. The van der Waals surface area contributed by atoms with Crippen LogP contribution in [0.1, 0.15) is 18.4 Å².